The predicted octanol–water partition coefficient (Wildman–Crippen LogP) is 6.74. The Bertz CT molecular complexity index is 1180. The van der Waals surface area contributed by atoms with Gasteiger partial charge in [0.25, 0.3) is 0 Å². The Morgan fingerprint density at radius 3 is 2.11 bits per heavy atom. The zero-order chi connectivity index (χ0) is 25.6. The summed E-state index contributed by atoms with van der Waals surface area (Å²) >= 11 is 18.7. The maximum absolute atomic E-state index is 13.8. The molecule has 0 aliphatic carbocycles. The van der Waals surface area contributed by atoms with Gasteiger partial charge in [-0.2, -0.15) is 0 Å². The van der Waals surface area contributed by atoms with Gasteiger partial charge in [-0.05, 0) is 55.7 Å². The first-order valence-electron chi connectivity index (χ1n) is 11.4. The van der Waals surface area contributed by atoms with Crippen molar-refractivity contribution >= 4 is 46.6 Å². The fourth-order valence-corrected chi connectivity index (χ4v) is 4.27. The van der Waals surface area contributed by atoms with Crippen molar-refractivity contribution in [3.63, 3.8) is 0 Å². The van der Waals surface area contributed by atoms with E-state index in [0.29, 0.717) is 27.1 Å². The molecular formula is C28H29Cl3N2O2. The second kappa shape index (κ2) is 11.9. The molecule has 184 valence electrons. The van der Waals surface area contributed by atoms with E-state index in [1.165, 1.54) is 0 Å². The number of nitrogens with one attached hydrogen (secondary N) is 1. The Kier molecular flexibility index (Phi) is 9.23. The molecule has 7 heteroatoms. The van der Waals surface area contributed by atoms with Gasteiger partial charge in [0.15, 0.2) is 0 Å². The van der Waals surface area contributed by atoms with Gasteiger partial charge in [-0.1, -0.05) is 89.4 Å². The summed E-state index contributed by atoms with van der Waals surface area (Å²) in [4.78, 5) is 28.9. The summed E-state index contributed by atoms with van der Waals surface area (Å²) in [6.07, 6.45) is 0.424. The largest absolute Gasteiger partial charge is 0.350 e. The van der Waals surface area contributed by atoms with Crippen molar-refractivity contribution < 1.29 is 9.59 Å². The predicted molar refractivity (Wildman–Crippen MR) is 144 cm³/mol. The van der Waals surface area contributed by atoms with Gasteiger partial charge in [-0.3, -0.25) is 9.59 Å². The Morgan fingerprint density at radius 1 is 0.829 bits per heavy atom. The monoisotopic (exact) mass is 530 g/mol. The number of hydrogen-bond donors (Lipinski definition) is 1. The van der Waals surface area contributed by atoms with Crippen LogP contribution in [0.1, 0.15) is 37.5 Å². The standard InChI is InChI=1S/C28H29Cl3N2O2/c1-28(2,3)32-27(35)25(16-19-9-5-4-6-10-19)33(18-20-13-14-23(30)24(31)15-20)26(34)17-21-11-7-8-12-22(21)29/h4-15,25H,16-18H2,1-3H3,(H,32,35). The first-order valence-corrected chi connectivity index (χ1v) is 12.5. The highest BCUT2D eigenvalue weighted by atomic mass is 35.5. The van der Waals surface area contributed by atoms with Crippen LogP contribution in [0.15, 0.2) is 72.8 Å². The van der Waals surface area contributed by atoms with E-state index in [0.717, 1.165) is 11.1 Å². The lowest BCUT2D eigenvalue weighted by molar-refractivity contribution is -0.141. The van der Waals surface area contributed by atoms with E-state index in [1.807, 2.05) is 75.4 Å². The van der Waals surface area contributed by atoms with Crippen LogP contribution in [0.5, 0.6) is 0 Å². The van der Waals surface area contributed by atoms with Crippen LogP contribution in [0.3, 0.4) is 0 Å². The summed E-state index contributed by atoms with van der Waals surface area (Å²) in [5.74, 6) is -0.442. The van der Waals surface area contributed by atoms with Crippen molar-refractivity contribution in [2.45, 2.75) is 51.7 Å². The molecule has 0 spiro atoms. The van der Waals surface area contributed by atoms with E-state index in [2.05, 4.69) is 5.32 Å². The van der Waals surface area contributed by atoms with Crippen LogP contribution in [0.4, 0.5) is 0 Å². The van der Waals surface area contributed by atoms with Gasteiger partial charge in [0, 0.05) is 23.5 Å². The highest BCUT2D eigenvalue weighted by molar-refractivity contribution is 6.42. The maximum Gasteiger partial charge on any atom is 0.243 e. The zero-order valence-electron chi connectivity index (χ0n) is 20.0. The van der Waals surface area contributed by atoms with Gasteiger partial charge >= 0.3 is 0 Å². The van der Waals surface area contributed by atoms with E-state index in [4.69, 9.17) is 34.8 Å². The normalized spacial score (nSPS) is 12.2. The van der Waals surface area contributed by atoms with Gasteiger partial charge in [-0.25, -0.2) is 0 Å². The lowest BCUT2D eigenvalue weighted by Crippen LogP contribution is -2.54. The third-order valence-corrected chi connectivity index (χ3v) is 6.51. The molecule has 1 atom stereocenters. The Hall–Kier alpha value is -2.53. The number of carbonyl (C=O) groups is 2. The Labute approximate surface area is 222 Å². The molecule has 1 unspecified atom stereocenters. The molecule has 3 aromatic rings. The van der Waals surface area contributed by atoms with Crippen molar-refractivity contribution in [2.75, 3.05) is 0 Å². The fourth-order valence-electron chi connectivity index (χ4n) is 3.75. The highest BCUT2D eigenvalue weighted by Gasteiger charge is 2.32. The number of nitrogens with zero attached hydrogens (tertiary/aromatic N) is 1. The van der Waals surface area contributed by atoms with Crippen molar-refractivity contribution in [3.05, 3.63) is 105 Å². The van der Waals surface area contributed by atoms with Gasteiger partial charge in [0.05, 0.1) is 16.5 Å². The number of benzene rings is 3. The van der Waals surface area contributed by atoms with E-state index in [9.17, 15) is 9.59 Å². The van der Waals surface area contributed by atoms with Crippen LogP contribution < -0.4 is 5.32 Å². The van der Waals surface area contributed by atoms with Crippen LogP contribution in [0, 0.1) is 0 Å². The summed E-state index contributed by atoms with van der Waals surface area (Å²) in [7, 11) is 0. The SMILES string of the molecule is CC(C)(C)NC(=O)C(Cc1ccccc1)N(Cc1ccc(Cl)c(Cl)c1)C(=O)Cc1ccccc1Cl. The topological polar surface area (TPSA) is 49.4 Å². The van der Waals surface area contributed by atoms with Crippen molar-refractivity contribution in [2.24, 2.45) is 0 Å². The molecule has 1 N–H and O–H groups in total. The van der Waals surface area contributed by atoms with E-state index >= 15 is 0 Å². The molecule has 0 fully saturated rings. The quantitative estimate of drug-likeness (QED) is 0.350. The number of amides is 2. The lowest BCUT2D eigenvalue weighted by Gasteiger charge is -2.34. The van der Waals surface area contributed by atoms with Gasteiger partial charge in [0.1, 0.15) is 6.04 Å². The van der Waals surface area contributed by atoms with Crippen LogP contribution in [0.25, 0.3) is 0 Å². The maximum atomic E-state index is 13.8. The lowest BCUT2D eigenvalue weighted by atomic mass is 10.00. The van der Waals surface area contributed by atoms with Gasteiger partial charge < -0.3 is 10.2 Å². The first kappa shape index (κ1) is 27.1. The summed E-state index contributed by atoms with van der Waals surface area (Å²) in [5.41, 5.74) is 1.96. The van der Waals surface area contributed by atoms with E-state index in [1.54, 1.807) is 23.1 Å². The van der Waals surface area contributed by atoms with E-state index in [-0.39, 0.29) is 24.8 Å². The number of hydrogen-bond acceptors (Lipinski definition) is 2. The molecule has 2 amide bonds. The van der Waals surface area contributed by atoms with Crippen LogP contribution in [-0.2, 0) is 29.0 Å². The minimum atomic E-state index is -0.749. The van der Waals surface area contributed by atoms with Gasteiger partial charge in [0.2, 0.25) is 11.8 Å². The second-order valence-corrected chi connectivity index (χ2v) is 10.7. The number of rotatable bonds is 8. The van der Waals surface area contributed by atoms with Crippen LogP contribution in [0.2, 0.25) is 15.1 Å². The summed E-state index contributed by atoms with van der Waals surface area (Å²) in [6, 6.07) is 21.4. The smallest absolute Gasteiger partial charge is 0.243 e. The molecule has 0 saturated heterocycles. The summed E-state index contributed by atoms with van der Waals surface area (Å²) in [5, 5.41) is 4.38. The van der Waals surface area contributed by atoms with E-state index < -0.39 is 11.6 Å². The number of carbonyl (C=O) groups excluding carboxylic acids is 2. The molecule has 4 nitrogen and oxygen atoms in total. The third kappa shape index (κ3) is 7.99. The van der Waals surface area contributed by atoms with Crippen molar-refractivity contribution in [3.8, 4) is 0 Å². The molecule has 0 heterocycles. The molecular weight excluding hydrogens is 503 g/mol. The van der Waals surface area contributed by atoms with Gasteiger partial charge in [-0.15, -0.1) is 0 Å². The van der Waals surface area contributed by atoms with Crippen molar-refractivity contribution in [1.82, 2.24) is 10.2 Å². The highest BCUT2D eigenvalue weighted by Crippen LogP contribution is 2.25. The second-order valence-electron chi connectivity index (χ2n) is 9.48. The molecule has 0 bridgehead atoms. The summed E-state index contributed by atoms with van der Waals surface area (Å²) < 4.78 is 0. The Morgan fingerprint density at radius 2 is 1.49 bits per heavy atom. The zero-order valence-corrected chi connectivity index (χ0v) is 22.3. The molecule has 35 heavy (non-hydrogen) atoms. The molecule has 0 aromatic heterocycles. The average molecular weight is 532 g/mol. The molecule has 0 radical (unpaired) electrons. The third-order valence-electron chi connectivity index (χ3n) is 5.41. The first-order chi connectivity index (χ1) is 16.5. The minimum Gasteiger partial charge on any atom is -0.350 e. The molecule has 3 rings (SSSR count). The average Bonchev–Trinajstić information content (AvgIpc) is 2.79. The van der Waals surface area contributed by atoms with Crippen molar-refractivity contribution in [1.29, 1.82) is 0 Å². The number of halogens is 3. The minimum absolute atomic E-state index is 0.0646. The molecule has 0 aliphatic heterocycles. The van der Waals surface area contributed by atoms with Crippen LogP contribution >= 0.6 is 34.8 Å². The molecule has 0 aliphatic rings. The molecule has 0 saturated carbocycles. The van der Waals surface area contributed by atoms with Crippen LogP contribution in [-0.4, -0.2) is 28.3 Å². The molecule has 3 aromatic carbocycles. The summed E-state index contributed by atoms with van der Waals surface area (Å²) in [6.45, 7) is 5.94. The fraction of sp³-hybridized carbons (Fsp3) is 0.286. The Balaban J connectivity index is 2.02.